The minimum atomic E-state index is -1.71. The van der Waals surface area contributed by atoms with E-state index in [0.717, 1.165) is 11.8 Å². The van der Waals surface area contributed by atoms with Gasteiger partial charge in [0.25, 0.3) is 0 Å². The van der Waals surface area contributed by atoms with Gasteiger partial charge in [-0.3, -0.25) is 71.9 Å². The number of carboxylic acids is 2. The minimum absolute atomic E-state index is 0.0334. The number of rotatable bonds is 36. The number of nitrogens with zero attached hydrogens (tertiary/aromatic N) is 1. The van der Waals surface area contributed by atoms with Crippen molar-refractivity contribution in [1.29, 1.82) is 0 Å². The van der Waals surface area contributed by atoms with Gasteiger partial charge in [0.1, 0.15) is 66.5 Å². The van der Waals surface area contributed by atoms with Gasteiger partial charge in [0.15, 0.2) is 0 Å². The molecule has 1 fully saturated rings. The molecule has 0 radical (unpaired) electrons. The van der Waals surface area contributed by atoms with E-state index in [4.69, 9.17) is 16.6 Å². The summed E-state index contributed by atoms with van der Waals surface area (Å²) in [7, 11) is 0. The Hall–Kier alpha value is -6.63. The number of thiol groups is 4. The number of primary amides is 1. The predicted octanol–water partition coefficient (Wildman–Crippen LogP) is -7.70. The Kier molecular flexibility index (Phi) is 33.0. The molecule has 1 aliphatic rings. The van der Waals surface area contributed by atoms with Crippen LogP contribution in [-0.2, 0) is 71.9 Å². The van der Waals surface area contributed by atoms with Crippen molar-refractivity contribution in [1.82, 2.24) is 63.4 Å². The summed E-state index contributed by atoms with van der Waals surface area (Å²) in [6, 6.07) is -17.1. The first-order valence-corrected chi connectivity index (χ1v) is 28.5. The van der Waals surface area contributed by atoms with E-state index in [1.807, 2.05) is 0 Å². The molecule has 0 unspecified atom stereocenters. The number of carbonyl (C=O) groups excluding carboxylic acids is 13. The molecule has 1 rings (SSSR count). The van der Waals surface area contributed by atoms with Gasteiger partial charge in [0.2, 0.25) is 76.8 Å². The number of amides is 13. The lowest BCUT2D eigenvalue weighted by atomic mass is 10.0. The van der Waals surface area contributed by atoms with E-state index in [-0.39, 0.29) is 49.0 Å². The van der Waals surface area contributed by atoms with Gasteiger partial charge in [-0.25, -0.2) is 0 Å². The summed E-state index contributed by atoms with van der Waals surface area (Å²) in [5, 5.41) is 54.2. The van der Waals surface area contributed by atoms with E-state index in [9.17, 15) is 82.1 Å². The topological polar surface area (TPSA) is 504 Å². The highest BCUT2D eigenvalue weighted by molar-refractivity contribution is 7.80. The molecule has 18 N–H and O–H groups in total. The summed E-state index contributed by atoms with van der Waals surface area (Å²) in [5.41, 5.74) is 11.1. The molecule has 1 saturated heterocycles. The average molecular weight is 1260 g/mol. The molecule has 1 aliphatic heterocycles. The fourth-order valence-electron chi connectivity index (χ4n) is 7.54. The summed E-state index contributed by atoms with van der Waals surface area (Å²) in [6.07, 6.45) is -3.14. The van der Waals surface area contributed by atoms with Gasteiger partial charge in [-0.05, 0) is 59.3 Å². The first-order valence-electron chi connectivity index (χ1n) is 25.9. The summed E-state index contributed by atoms with van der Waals surface area (Å²) in [5.74, 6) is -16.4. The molecule has 1 heterocycles. The molecule has 0 aromatic rings. The number of aliphatic carboxylic acids is 2. The Labute approximate surface area is 499 Å². The van der Waals surface area contributed by atoms with Crippen LogP contribution in [0.4, 0.5) is 0 Å². The lowest BCUT2D eigenvalue weighted by molar-refractivity contribution is -0.143. The summed E-state index contributed by atoms with van der Waals surface area (Å²) < 4.78 is 0. The highest BCUT2D eigenvalue weighted by atomic mass is 32.1. The van der Waals surface area contributed by atoms with Crippen LogP contribution in [0.1, 0.15) is 80.1 Å². The molecule has 0 bridgehead atoms. The number of likely N-dealkylation sites (tertiary alicyclic amines) is 1. The lowest BCUT2D eigenvalue weighted by Gasteiger charge is -2.30. The van der Waals surface area contributed by atoms with Gasteiger partial charge in [0, 0.05) is 36.0 Å². The van der Waals surface area contributed by atoms with Crippen molar-refractivity contribution in [2.45, 2.75) is 159 Å². The number of nitrogens with one attached hydrogen (secondary N) is 11. The van der Waals surface area contributed by atoms with E-state index >= 15 is 0 Å². The van der Waals surface area contributed by atoms with Crippen LogP contribution in [0, 0.1) is 5.92 Å². The van der Waals surface area contributed by atoms with Crippen LogP contribution >= 0.6 is 50.5 Å². The Morgan fingerprint density at radius 2 is 1.00 bits per heavy atom. The maximum atomic E-state index is 14.0. The van der Waals surface area contributed by atoms with E-state index < -0.39 is 199 Å². The highest BCUT2D eigenvalue weighted by Gasteiger charge is 2.41. The molecule has 0 aliphatic carbocycles. The largest absolute Gasteiger partial charge is 0.481 e. The average Bonchev–Trinajstić information content (AvgIpc) is 4.15. The van der Waals surface area contributed by atoms with Crippen molar-refractivity contribution >= 4 is 139 Å². The van der Waals surface area contributed by atoms with E-state index in [2.05, 4.69) is 109 Å². The van der Waals surface area contributed by atoms with E-state index in [0.29, 0.717) is 0 Å². The Morgan fingerprint density at radius 1 is 0.542 bits per heavy atom. The molecule has 0 spiro atoms. The van der Waals surface area contributed by atoms with Crippen molar-refractivity contribution in [2.75, 3.05) is 36.1 Å². The monoisotopic (exact) mass is 1250 g/mol. The molecular weight excluding hydrogens is 1180 g/mol. The van der Waals surface area contributed by atoms with Crippen molar-refractivity contribution < 1.29 is 87.2 Å². The smallest absolute Gasteiger partial charge is 0.325 e. The fourth-order valence-corrected chi connectivity index (χ4v) is 8.48. The number of hydrogen-bond donors (Lipinski definition) is 20. The Morgan fingerprint density at radius 3 is 1.47 bits per heavy atom. The quantitative estimate of drug-likeness (QED) is 0.0259. The SMILES string of the molecule is CC(C)C[C@H](NC(=O)[C@H](CCC(=O)O)NC(=O)[C@H](CS)NC(=O)[C@@H](N)CS)C(=O)N[C@@H](C)C(=O)N[C@@H](CS)C(=O)N[C@@H](CC(N)=O)C(=O)N1CCC[C@H]1C(=O)N[C@@H](C)C(=O)N[C@@H](CS)C(=O)N[C@H](C(=O)NCC(=O)N[C@@H](C)C(=O)O)[C@@H](C)O. The number of aliphatic hydroxyl groups excluding tert-OH is 1. The second-order valence-electron chi connectivity index (χ2n) is 19.7. The van der Waals surface area contributed by atoms with Gasteiger partial charge in [-0.1, -0.05) is 13.8 Å². The van der Waals surface area contributed by atoms with Gasteiger partial charge < -0.3 is 90.2 Å². The van der Waals surface area contributed by atoms with Crippen LogP contribution in [0.15, 0.2) is 0 Å². The molecule has 13 amide bonds. The third-order valence-electron chi connectivity index (χ3n) is 12.2. The number of aliphatic hydroxyl groups is 1. The molecule has 32 nitrogen and oxygen atoms in total. The van der Waals surface area contributed by atoms with Crippen LogP contribution in [0.25, 0.3) is 0 Å². The maximum Gasteiger partial charge on any atom is 0.325 e. The molecule has 468 valence electrons. The third kappa shape index (κ3) is 25.8. The third-order valence-corrected chi connectivity index (χ3v) is 13.7. The van der Waals surface area contributed by atoms with Gasteiger partial charge >= 0.3 is 11.9 Å². The second-order valence-corrected chi connectivity index (χ2v) is 21.1. The Bertz CT molecular complexity index is 2380. The number of carbonyl (C=O) groups is 15. The molecular formula is C47H78N14O18S4. The summed E-state index contributed by atoms with van der Waals surface area (Å²) in [6.45, 7) is 7.42. The van der Waals surface area contributed by atoms with Crippen molar-refractivity contribution in [2.24, 2.45) is 17.4 Å². The zero-order valence-electron chi connectivity index (χ0n) is 46.4. The normalized spacial score (nSPS) is 17.2. The van der Waals surface area contributed by atoms with E-state index in [1.165, 1.54) is 20.8 Å². The van der Waals surface area contributed by atoms with Crippen LogP contribution in [-0.4, -0.2) is 224 Å². The first kappa shape index (κ1) is 74.4. The van der Waals surface area contributed by atoms with E-state index in [1.54, 1.807) is 13.8 Å². The molecule has 13 atom stereocenters. The highest BCUT2D eigenvalue weighted by Crippen LogP contribution is 2.20. The molecule has 0 aromatic carbocycles. The second kappa shape index (κ2) is 36.8. The number of carboxylic acid groups (broad SMARTS) is 2. The molecule has 0 saturated carbocycles. The zero-order valence-corrected chi connectivity index (χ0v) is 50.0. The molecule has 36 heteroatoms. The Balaban J connectivity index is 3.12. The van der Waals surface area contributed by atoms with Crippen LogP contribution in [0.5, 0.6) is 0 Å². The number of nitrogens with two attached hydrogens (primary N) is 2. The molecule has 0 aromatic heterocycles. The minimum Gasteiger partial charge on any atom is -0.481 e. The van der Waals surface area contributed by atoms with Crippen LogP contribution in [0.2, 0.25) is 0 Å². The van der Waals surface area contributed by atoms with Gasteiger partial charge in [-0.2, -0.15) is 50.5 Å². The van der Waals surface area contributed by atoms with Gasteiger partial charge in [-0.15, -0.1) is 0 Å². The summed E-state index contributed by atoms with van der Waals surface area (Å²) in [4.78, 5) is 195. The van der Waals surface area contributed by atoms with Crippen LogP contribution in [0.3, 0.4) is 0 Å². The van der Waals surface area contributed by atoms with Crippen molar-refractivity contribution in [3.63, 3.8) is 0 Å². The maximum absolute atomic E-state index is 14.0. The van der Waals surface area contributed by atoms with Crippen LogP contribution < -0.4 is 70.0 Å². The molecule has 83 heavy (non-hydrogen) atoms. The first-order chi connectivity index (χ1) is 38.7. The van der Waals surface area contributed by atoms with Gasteiger partial charge in [0.05, 0.1) is 25.1 Å². The van der Waals surface area contributed by atoms with Crippen molar-refractivity contribution in [3.8, 4) is 0 Å². The fraction of sp³-hybridized carbons (Fsp3) is 0.681. The lowest BCUT2D eigenvalue weighted by Crippen LogP contribution is -2.61. The summed E-state index contributed by atoms with van der Waals surface area (Å²) >= 11 is 16.3. The predicted molar refractivity (Wildman–Crippen MR) is 307 cm³/mol. The standard InChI is InChI=1S/C47H78N14O18S4/c1-19(2)12-26(55-39(70)25(9-10-34(65)66)54-41(72)29(17-82)59-38(69)24(48)15-80)40(71)52-20(3)36(67)57-28(16-81)42(73)56-27(13-32(49)63)46(77)61-11-7-8-31(61)44(75)53-21(4)37(68)58-30(18-83)43(74)60-35(23(6)62)45(76)50-14-33(64)51-22(5)47(78)79/h19-31,35,62,80-83H,7-18,48H2,1-6H3,(H2,49,63)(H,50,76)(H,51,64)(H,52,71)(H,53,75)(H,54,72)(H,55,70)(H,56,73)(H,57,67)(H,58,68)(H,59,69)(H,60,74)(H,65,66)(H,78,79)/t20-,21-,22-,23+,24-,25-,26-,27-,28-,29-,30-,31-,35-/m0/s1. The zero-order chi connectivity index (χ0) is 63.6. The number of hydrogen-bond acceptors (Lipinski definition) is 21. The van der Waals surface area contributed by atoms with Crippen molar-refractivity contribution in [3.05, 3.63) is 0 Å².